The number of benzene rings is 1. The molecule has 1 atom stereocenters. The Bertz CT molecular complexity index is 1030. The molecule has 1 saturated heterocycles. The number of hydrogen-bond acceptors (Lipinski definition) is 4. The van der Waals surface area contributed by atoms with Gasteiger partial charge < -0.3 is 14.6 Å². The van der Waals surface area contributed by atoms with Crippen molar-refractivity contribution in [3.05, 3.63) is 59.5 Å². The first-order valence-corrected chi connectivity index (χ1v) is 9.41. The molecule has 5 rings (SSSR count). The van der Waals surface area contributed by atoms with Gasteiger partial charge in [0.15, 0.2) is 5.65 Å². The zero-order valence-corrected chi connectivity index (χ0v) is 15.3. The third-order valence-electron chi connectivity index (χ3n) is 6.35. The van der Waals surface area contributed by atoms with Gasteiger partial charge in [-0.2, -0.15) is 0 Å². The Morgan fingerprint density at radius 3 is 2.81 bits per heavy atom. The van der Waals surface area contributed by atoms with Crippen molar-refractivity contribution in [3.63, 3.8) is 0 Å². The van der Waals surface area contributed by atoms with E-state index in [1.807, 2.05) is 34.7 Å². The summed E-state index contributed by atoms with van der Waals surface area (Å²) in [5, 5.41) is 10.8. The Morgan fingerprint density at radius 2 is 2.00 bits per heavy atom. The molecule has 3 aromatic rings. The molecule has 2 aliphatic rings. The minimum Gasteiger partial charge on any atom is -0.392 e. The molecule has 1 aliphatic heterocycles. The lowest BCUT2D eigenvalue weighted by molar-refractivity contribution is 0.0365. The third kappa shape index (κ3) is 2.40. The Kier molecular flexibility index (Phi) is 3.59. The maximum atomic E-state index is 13.0. The molecule has 0 saturated carbocycles. The second-order valence-electron chi connectivity index (χ2n) is 7.75. The zero-order valence-electron chi connectivity index (χ0n) is 15.3. The summed E-state index contributed by atoms with van der Waals surface area (Å²) < 4.78 is 1.84. The average molecular weight is 362 g/mol. The molecule has 1 N–H and O–H groups in total. The van der Waals surface area contributed by atoms with Gasteiger partial charge in [-0.25, -0.2) is 9.97 Å². The van der Waals surface area contributed by atoms with Gasteiger partial charge in [0.2, 0.25) is 0 Å². The summed E-state index contributed by atoms with van der Waals surface area (Å²) in [7, 11) is 1.89. The number of carbonyl (C=O) groups is 1. The standard InChI is InChI=1S/C21H22N4O2/c1-24-13-23-17-10-15(12-22-19(17)24)20(27)25-8-6-21(7-9-25)16-5-3-2-4-14(16)11-18(21)26/h2-5,10,12-13,18,26H,6-9,11H2,1H3. The molecule has 1 aliphatic carbocycles. The molecule has 0 bridgehead atoms. The molecule has 1 unspecified atom stereocenters. The fourth-order valence-corrected chi connectivity index (χ4v) is 4.79. The number of aromatic nitrogens is 3. The summed E-state index contributed by atoms with van der Waals surface area (Å²) >= 11 is 0. The Labute approximate surface area is 157 Å². The van der Waals surface area contributed by atoms with E-state index in [9.17, 15) is 9.90 Å². The first kappa shape index (κ1) is 16.4. The second kappa shape index (κ2) is 5.89. The van der Waals surface area contributed by atoms with Crippen LogP contribution in [0.3, 0.4) is 0 Å². The normalized spacial score (nSPS) is 21.0. The number of carbonyl (C=O) groups excluding carboxylic acids is 1. The van der Waals surface area contributed by atoms with E-state index in [4.69, 9.17) is 0 Å². The second-order valence-corrected chi connectivity index (χ2v) is 7.75. The van der Waals surface area contributed by atoms with Gasteiger partial charge in [0.05, 0.1) is 18.0 Å². The van der Waals surface area contributed by atoms with Crippen molar-refractivity contribution in [2.75, 3.05) is 13.1 Å². The van der Waals surface area contributed by atoms with E-state index < -0.39 is 0 Å². The van der Waals surface area contributed by atoms with Gasteiger partial charge in [-0.1, -0.05) is 24.3 Å². The van der Waals surface area contributed by atoms with Crippen LogP contribution in [0.4, 0.5) is 0 Å². The number of imidazole rings is 1. The number of amides is 1. The number of pyridine rings is 1. The number of rotatable bonds is 1. The van der Waals surface area contributed by atoms with Crippen LogP contribution in [-0.2, 0) is 18.9 Å². The summed E-state index contributed by atoms with van der Waals surface area (Å²) in [6, 6.07) is 10.1. The van der Waals surface area contributed by atoms with Crippen molar-refractivity contribution in [3.8, 4) is 0 Å². The Hall–Kier alpha value is -2.73. The smallest absolute Gasteiger partial charge is 0.255 e. The van der Waals surface area contributed by atoms with Crippen LogP contribution < -0.4 is 0 Å². The number of piperidine rings is 1. The first-order chi connectivity index (χ1) is 13.1. The van der Waals surface area contributed by atoms with E-state index in [1.165, 1.54) is 11.1 Å². The lowest BCUT2D eigenvalue weighted by Gasteiger charge is -2.42. The minimum absolute atomic E-state index is 0.00863. The van der Waals surface area contributed by atoms with Crippen LogP contribution in [-0.4, -0.2) is 49.6 Å². The summed E-state index contributed by atoms with van der Waals surface area (Å²) in [6.07, 6.45) is 5.27. The number of hydrogen-bond donors (Lipinski definition) is 1. The maximum absolute atomic E-state index is 13.0. The van der Waals surface area contributed by atoms with Gasteiger partial charge in [-0.3, -0.25) is 4.79 Å². The maximum Gasteiger partial charge on any atom is 0.255 e. The van der Waals surface area contributed by atoms with E-state index in [1.54, 1.807) is 12.5 Å². The number of aryl methyl sites for hydroxylation is 1. The van der Waals surface area contributed by atoms with Crippen LogP contribution in [0.5, 0.6) is 0 Å². The fourth-order valence-electron chi connectivity index (χ4n) is 4.79. The number of aliphatic hydroxyl groups excluding tert-OH is 1. The highest BCUT2D eigenvalue weighted by Gasteiger charge is 2.48. The highest BCUT2D eigenvalue weighted by atomic mass is 16.3. The molecule has 6 nitrogen and oxygen atoms in total. The molecule has 2 aromatic heterocycles. The van der Waals surface area contributed by atoms with E-state index >= 15 is 0 Å². The minimum atomic E-state index is -0.362. The van der Waals surface area contributed by atoms with Crippen molar-refractivity contribution < 1.29 is 9.90 Å². The average Bonchev–Trinajstić information content (AvgIpc) is 3.20. The van der Waals surface area contributed by atoms with Gasteiger partial charge in [-0.05, 0) is 36.5 Å². The quantitative estimate of drug-likeness (QED) is 0.719. The molecule has 0 radical (unpaired) electrons. The number of likely N-dealkylation sites (tertiary alicyclic amines) is 1. The SMILES string of the molecule is Cn1cnc2cc(C(=O)N3CCC4(CC3)c3ccccc3CC4O)cnc21. The van der Waals surface area contributed by atoms with Crippen LogP contribution in [0.2, 0.25) is 0 Å². The first-order valence-electron chi connectivity index (χ1n) is 9.41. The zero-order chi connectivity index (χ0) is 18.6. The van der Waals surface area contributed by atoms with E-state index in [0.717, 1.165) is 24.0 Å². The van der Waals surface area contributed by atoms with E-state index in [0.29, 0.717) is 25.1 Å². The molecule has 6 heteroatoms. The predicted molar refractivity (Wildman–Crippen MR) is 101 cm³/mol. The van der Waals surface area contributed by atoms with Crippen LogP contribution in [0.25, 0.3) is 11.2 Å². The van der Waals surface area contributed by atoms with E-state index in [2.05, 4.69) is 22.1 Å². The van der Waals surface area contributed by atoms with Crippen LogP contribution in [0.15, 0.2) is 42.9 Å². The van der Waals surface area contributed by atoms with Gasteiger partial charge in [0.1, 0.15) is 5.52 Å². The molecular formula is C21H22N4O2. The summed E-state index contributed by atoms with van der Waals surface area (Å²) in [4.78, 5) is 23.5. The summed E-state index contributed by atoms with van der Waals surface area (Å²) in [6.45, 7) is 1.29. The third-order valence-corrected chi connectivity index (χ3v) is 6.35. The van der Waals surface area contributed by atoms with E-state index in [-0.39, 0.29) is 17.4 Å². The van der Waals surface area contributed by atoms with Gasteiger partial charge in [0.25, 0.3) is 5.91 Å². The molecular weight excluding hydrogens is 340 g/mol. The van der Waals surface area contributed by atoms with Gasteiger partial charge in [0, 0.05) is 31.7 Å². The lowest BCUT2D eigenvalue weighted by atomic mass is 9.72. The van der Waals surface area contributed by atoms with Crippen LogP contribution in [0, 0.1) is 0 Å². The van der Waals surface area contributed by atoms with Crippen molar-refractivity contribution in [2.45, 2.75) is 30.8 Å². The molecule has 1 amide bonds. The molecule has 3 heterocycles. The summed E-state index contributed by atoms with van der Waals surface area (Å²) in [5.41, 5.74) is 4.38. The summed E-state index contributed by atoms with van der Waals surface area (Å²) in [5.74, 6) is -0.00863. The van der Waals surface area contributed by atoms with Crippen molar-refractivity contribution in [1.82, 2.24) is 19.4 Å². The number of aliphatic hydroxyl groups is 1. The number of fused-ring (bicyclic) bond motifs is 3. The molecule has 1 spiro atoms. The van der Waals surface area contributed by atoms with Crippen molar-refractivity contribution in [2.24, 2.45) is 7.05 Å². The monoisotopic (exact) mass is 362 g/mol. The van der Waals surface area contributed by atoms with Crippen molar-refractivity contribution in [1.29, 1.82) is 0 Å². The molecule has 1 aromatic carbocycles. The van der Waals surface area contributed by atoms with Gasteiger partial charge >= 0.3 is 0 Å². The fraction of sp³-hybridized carbons (Fsp3) is 0.381. The van der Waals surface area contributed by atoms with Crippen molar-refractivity contribution >= 4 is 17.1 Å². The Balaban J connectivity index is 1.37. The molecule has 1 fully saturated rings. The largest absolute Gasteiger partial charge is 0.392 e. The van der Waals surface area contributed by atoms with Crippen LogP contribution >= 0.6 is 0 Å². The topological polar surface area (TPSA) is 71.2 Å². The highest BCUT2D eigenvalue weighted by Crippen LogP contribution is 2.46. The predicted octanol–water partition coefficient (Wildman–Crippen LogP) is 2.06. The Morgan fingerprint density at radius 1 is 1.22 bits per heavy atom. The highest BCUT2D eigenvalue weighted by molar-refractivity contribution is 5.96. The van der Waals surface area contributed by atoms with Crippen LogP contribution in [0.1, 0.15) is 34.3 Å². The lowest BCUT2D eigenvalue weighted by Crippen LogP contribution is -2.49. The molecule has 138 valence electrons. The molecule has 27 heavy (non-hydrogen) atoms. The number of nitrogens with zero attached hydrogens (tertiary/aromatic N) is 4. The van der Waals surface area contributed by atoms with Gasteiger partial charge in [-0.15, -0.1) is 0 Å².